The standard InChI is InChI=1S/C25H33N5O2/c1-24(2)14-18(15-25(3,4)29-24)30(5)22(27)9-8-20(26)19-7-6-16(12-21(19)31)17-10-11-28-23(32)13-17/h6-13,18,26-27,29,31H,14-15H2,1-5H3,(H,28,32)/b9-8-,26-20?,27-22?. The van der Waals surface area contributed by atoms with Crippen molar-refractivity contribution >= 4 is 11.5 Å². The number of pyridine rings is 1. The fourth-order valence-electron chi connectivity index (χ4n) is 4.67. The summed E-state index contributed by atoms with van der Waals surface area (Å²) in [7, 11) is 1.92. The molecule has 170 valence electrons. The summed E-state index contributed by atoms with van der Waals surface area (Å²) < 4.78 is 0. The van der Waals surface area contributed by atoms with E-state index in [1.165, 1.54) is 12.1 Å². The van der Waals surface area contributed by atoms with Gasteiger partial charge in [-0.3, -0.25) is 10.2 Å². The van der Waals surface area contributed by atoms with Crippen LogP contribution in [0.25, 0.3) is 11.1 Å². The Morgan fingerprint density at radius 3 is 2.28 bits per heavy atom. The summed E-state index contributed by atoms with van der Waals surface area (Å²) in [6, 6.07) is 8.39. The van der Waals surface area contributed by atoms with E-state index in [2.05, 4.69) is 38.0 Å². The normalized spacial score (nSPS) is 17.9. The van der Waals surface area contributed by atoms with Gasteiger partial charge in [-0.1, -0.05) is 6.07 Å². The molecular formula is C25H33N5O2. The van der Waals surface area contributed by atoms with E-state index in [4.69, 9.17) is 10.8 Å². The molecule has 0 unspecified atom stereocenters. The molecule has 1 aromatic heterocycles. The second-order valence-electron chi connectivity index (χ2n) is 9.87. The van der Waals surface area contributed by atoms with E-state index < -0.39 is 0 Å². The zero-order valence-electron chi connectivity index (χ0n) is 19.4. The molecular weight excluding hydrogens is 402 g/mol. The highest BCUT2D eigenvalue weighted by molar-refractivity contribution is 6.11. The summed E-state index contributed by atoms with van der Waals surface area (Å²) in [6.07, 6.45) is 6.54. The first kappa shape index (κ1) is 23.5. The summed E-state index contributed by atoms with van der Waals surface area (Å²) in [5.74, 6) is 0.284. The third-order valence-corrected chi connectivity index (χ3v) is 5.90. The maximum absolute atomic E-state index is 11.5. The molecule has 0 atom stereocenters. The van der Waals surface area contributed by atoms with Crippen molar-refractivity contribution in [3.63, 3.8) is 0 Å². The van der Waals surface area contributed by atoms with Crippen LogP contribution >= 0.6 is 0 Å². The highest BCUT2D eigenvalue weighted by Crippen LogP contribution is 2.31. The number of H-pyrrole nitrogens is 1. The van der Waals surface area contributed by atoms with Crippen molar-refractivity contribution in [1.82, 2.24) is 15.2 Å². The van der Waals surface area contributed by atoms with E-state index in [0.29, 0.717) is 22.5 Å². The molecule has 0 radical (unpaired) electrons. The minimum Gasteiger partial charge on any atom is -0.507 e. The predicted octanol–water partition coefficient (Wildman–Crippen LogP) is 3.89. The highest BCUT2D eigenvalue weighted by Gasteiger charge is 2.39. The van der Waals surface area contributed by atoms with Crippen molar-refractivity contribution in [2.75, 3.05) is 7.05 Å². The molecule has 0 spiro atoms. The van der Waals surface area contributed by atoms with Crippen molar-refractivity contribution in [1.29, 1.82) is 10.8 Å². The van der Waals surface area contributed by atoms with Crippen LogP contribution in [0.3, 0.4) is 0 Å². The molecule has 2 aromatic rings. The van der Waals surface area contributed by atoms with Gasteiger partial charge in [-0.05, 0) is 82.0 Å². The van der Waals surface area contributed by atoms with E-state index in [0.717, 1.165) is 12.8 Å². The molecule has 3 rings (SSSR count). The number of nitrogens with one attached hydrogen (secondary N) is 4. The van der Waals surface area contributed by atoms with Crippen LogP contribution in [0.1, 0.15) is 46.1 Å². The maximum Gasteiger partial charge on any atom is 0.248 e. The number of benzene rings is 1. The first-order valence-corrected chi connectivity index (χ1v) is 10.8. The number of hydrogen-bond donors (Lipinski definition) is 5. The fourth-order valence-corrected chi connectivity index (χ4v) is 4.67. The lowest BCUT2D eigenvalue weighted by atomic mass is 9.79. The first-order chi connectivity index (χ1) is 14.9. The van der Waals surface area contributed by atoms with Crippen molar-refractivity contribution < 1.29 is 5.11 Å². The second-order valence-corrected chi connectivity index (χ2v) is 9.87. The summed E-state index contributed by atoms with van der Waals surface area (Å²) >= 11 is 0. The van der Waals surface area contributed by atoms with Gasteiger partial charge >= 0.3 is 0 Å². The maximum atomic E-state index is 11.5. The summed E-state index contributed by atoms with van der Waals surface area (Å²) in [6.45, 7) is 8.73. The molecule has 1 aliphatic rings. The van der Waals surface area contributed by atoms with Crippen LogP contribution in [0.15, 0.2) is 53.5 Å². The van der Waals surface area contributed by atoms with Crippen molar-refractivity contribution in [3.05, 3.63) is 64.6 Å². The van der Waals surface area contributed by atoms with Crippen molar-refractivity contribution in [2.45, 2.75) is 57.7 Å². The van der Waals surface area contributed by atoms with Gasteiger partial charge in [0.25, 0.3) is 0 Å². The number of aromatic amines is 1. The van der Waals surface area contributed by atoms with Gasteiger partial charge in [0.2, 0.25) is 5.56 Å². The molecule has 0 saturated carbocycles. The SMILES string of the molecule is CN(C(=N)/C=C\C(=N)c1ccc(-c2cc[nH]c(=O)c2)cc1O)C1CC(C)(C)NC(C)(C)C1. The average Bonchev–Trinajstić information content (AvgIpc) is 2.68. The van der Waals surface area contributed by atoms with Crippen LogP contribution in [-0.2, 0) is 0 Å². The number of phenols is 1. The van der Waals surface area contributed by atoms with Gasteiger partial charge in [0.15, 0.2) is 0 Å². The zero-order valence-corrected chi connectivity index (χ0v) is 19.4. The van der Waals surface area contributed by atoms with E-state index in [9.17, 15) is 9.90 Å². The Labute approximate surface area is 189 Å². The molecule has 1 saturated heterocycles. The van der Waals surface area contributed by atoms with Crippen LogP contribution in [0.4, 0.5) is 0 Å². The van der Waals surface area contributed by atoms with Crippen LogP contribution in [0, 0.1) is 10.8 Å². The van der Waals surface area contributed by atoms with E-state index in [1.807, 2.05) is 11.9 Å². The monoisotopic (exact) mass is 435 g/mol. The smallest absolute Gasteiger partial charge is 0.248 e. The average molecular weight is 436 g/mol. The minimum atomic E-state index is -0.218. The summed E-state index contributed by atoms with van der Waals surface area (Å²) in [4.78, 5) is 16.1. The van der Waals surface area contributed by atoms with Crippen LogP contribution < -0.4 is 10.9 Å². The van der Waals surface area contributed by atoms with Gasteiger partial charge in [0.1, 0.15) is 11.6 Å². The van der Waals surface area contributed by atoms with Crippen molar-refractivity contribution in [2.24, 2.45) is 0 Å². The lowest BCUT2D eigenvalue weighted by Crippen LogP contribution is -2.62. The Balaban J connectivity index is 1.71. The quantitative estimate of drug-likeness (QED) is 0.362. The lowest BCUT2D eigenvalue weighted by Gasteiger charge is -2.49. The minimum absolute atomic E-state index is 0.0193. The molecule has 32 heavy (non-hydrogen) atoms. The number of piperidine rings is 1. The van der Waals surface area contributed by atoms with Crippen LogP contribution in [0.2, 0.25) is 0 Å². The zero-order chi connectivity index (χ0) is 23.7. The van der Waals surface area contributed by atoms with Gasteiger partial charge in [-0.25, -0.2) is 0 Å². The molecule has 5 N–H and O–H groups in total. The third kappa shape index (κ3) is 5.53. The summed E-state index contributed by atoms with van der Waals surface area (Å²) in [5, 5.41) is 31.0. The number of allylic oxidation sites excluding steroid dienone is 1. The Morgan fingerprint density at radius 1 is 1.06 bits per heavy atom. The molecule has 0 amide bonds. The number of amidine groups is 1. The number of aromatic nitrogens is 1. The first-order valence-electron chi connectivity index (χ1n) is 10.8. The molecule has 1 aromatic carbocycles. The highest BCUT2D eigenvalue weighted by atomic mass is 16.3. The molecule has 0 aliphatic carbocycles. The Bertz CT molecular complexity index is 1100. The number of nitrogens with zero attached hydrogens (tertiary/aromatic N) is 1. The molecule has 7 heteroatoms. The Kier molecular flexibility index (Phi) is 6.41. The molecule has 7 nitrogen and oxygen atoms in total. The number of aromatic hydroxyl groups is 1. The topological polar surface area (TPSA) is 116 Å². The predicted molar refractivity (Wildman–Crippen MR) is 130 cm³/mol. The van der Waals surface area contributed by atoms with E-state index in [-0.39, 0.29) is 34.1 Å². The van der Waals surface area contributed by atoms with E-state index in [1.54, 1.807) is 36.5 Å². The van der Waals surface area contributed by atoms with Crippen LogP contribution in [0.5, 0.6) is 5.75 Å². The second kappa shape index (κ2) is 8.74. The largest absolute Gasteiger partial charge is 0.507 e. The number of hydrogen-bond acceptors (Lipinski definition) is 5. The number of phenolic OH excluding ortho intramolecular Hbond substituents is 1. The Morgan fingerprint density at radius 2 is 1.69 bits per heavy atom. The van der Waals surface area contributed by atoms with Gasteiger partial charge in [-0.2, -0.15) is 0 Å². The van der Waals surface area contributed by atoms with Gasteiger partial charge in [0.05, 0.1) is 5.71 Å². The Hall–Kier alpha value is -3.19. The van der Waals surface area contributed by atoms with E-state index >= 15 is 0 Å². The third-order valence-electron chi connectivity index (χ3n) is 5.90. The van der Waals surface area contributed by atoms with Crippen molar-refractivity contribution in [3.8, 4) is 16.9 Å². The van der Waals surface area contributed by atoms with Gasteiger partial charge in [0, 0.05) is 42.0 Å². The number of rotatable bonds is 5. The molecule has 1 aliphatic heterocycles. The molecule has 1 fully saturated rings. The van der Waals surface area contributed by atoms with Gasteiger partial charge < -0.3 is 25.7 Å². The lowest BCUT2D eigenvalue weighted by molar-refractivity contribution is 0.114. The molecule has 0 bridgehead atoms. The summed E-state index contributed by atoms with van der Waals surface area (Å²) in [5.41, 5.74) is 1.61. The fraction of sp³-hybridized carbons (Fsp3) is 0.400. The number of likely N-dealkylation sites (N-methyl/N-ethyl adjacent to an activating group) is 1. The van der Waals surface area contributed by atoms with Crippen LogP contribution in [-0.4, -0.2) is 50.7 Å². The molecule has 2 heterocycles. The van der Waals surface area contributed by atoms with Gasteiger partial charge in [-0.15, -0.1) is 0 Å².